The van der Waals surface area contributed by atoms with Crippen LogP contribution in [0.25, 0.3) is 0 Å². The molecule has 9 heteroatoms. The molecule has 0 aliphatic carbocycles. The summed E-state index contributed by atoms with van der Waals surface area (Å²) in [5.74, 6) is -1.28. The maximum absolute atomic E-state index is 11.5. The number of hydrogen-bond donors (Lipinski definition) is 3. The van der Waals surface area contributed by atoms with Crippen molar-refractivity contribution in [3.63, 3.8) is 0 Å². The fourth-order valence-electron chi connectivity index (χ4n) is 1.11. The predicted octanol–water partition coefficient (Wildman–Crippen LogP) is -1.46. The van der Waals surface area contributed by atoms with E-state index in [1.54, 1.807) is 6.92 Å². The van der Waals surface area contributed by atoms with Crippen LogP contribution in [-0.2, 0) is 19.6 Å². The normalized spacial score (nSPS) is 11.8. The predicted molar refractivity (Wildman–Crippen MR) is 66.0 cm³/mol. The van der Waals surface area contributed by atoms with Crippen molar-refractivity contribution >= 4 is 45.6 Å². The van der Waals surface area contributed by atoms with E-state index in [9.17, 15) is 13.2 Å². The molecule has 0 aliphatic heterocycles. The van der Waals surface area contributed by atoms with Gasteiger partial charge in [-0.1, -0.05) is 6.92 Å². The third kappa shape index (κ3) is 7.03. The zero-order chi connectivity index (χ0) is 13.5. The van der Waals surface area contributed by atoms with Crippen LogP contribution in [0.5, 0.6) is 0 Å². The molecule has 0 atom stereocenters. The first-order valence-electron chi connectivity index (χ1n) is 5.15. The molecular formula is C9H19NaO7S. The SMILES string of the molecule is CCC(CO)(CO)C(=O)OCCCS(=O)(=O)O.[NaH]. The van der Waals surface area contributed by atoms with E-state index in [4.69, 9.17) is 19.5 Å². The summed E-state index contributed by atoms with van der Waals surface area (Å²) in [5, 5.41) is 18.1. The van der Waals surface area contributed by atoms with Gasteiger partial charge in [0.1, 0.15) is 5.41 Å². The van der Waals surface area contributed by atoms with Gasteiger partial charge in [-0.05, 0) is 12.8 Å². The van der Waals surface area contributed by atoms with Crippen molar-refractivity contribution in [3.05, 3.63) is 0 Å². The third-order valence-electron chi connectivity index (χ3n) is 2.49. The summed E-state index contributed by atoms with van der Waals surface area (Å²) in [7, 11) is -4.06. The minimum absolute atomic E-state index is 0. The van der Waals surface area contributed by atoms with Crippen LogP contribution in [0.2, 0.25) is 0 Å². The van der Waals surface area contributed by atoms with Crippen molar-refractivity contribution in [2.75, 3.05) is 25.6 Å². The van der Waals surface area contributed by atoms with Crippen LogP contribution < -0.4 is 0 Å². The van der Waals surface area contributed by atoms with Crippen LogP contribution in [0.15, 0.2) is 0 Å². The van der Waals surface area contributed by atoms with E-state index in [0.717, 1.165) is 0 Å². The molecule has 7 nitrogen and oxygen atoms in total. The summed E-state index contributed by atoms with van der Waals surface area (Å²) in [4.78, 5) is 11.5. The first-order chi connectivity index (χ1) is 7.81. The molecule has 0 unspecified atom stereocenters. The summed E-state index contributed by atoms with van der Waals surface area (Å²) in [5.41, 5.74) is -1.35. The zero-order valence-corrected chi connectivity index (χ0v) is 10.4. The number of aliphatic hydroxyl groups is 2. The van der Waals surface area contributed by atoms with Gasteiger partial charge in [-0.3, -0.25) is 9.35 Å². The number of carbonyl (C=O) groups is 1. The molecule has 0 bridgehead atoms. The number of carbonyl (C=O) groups excluding carboxylic acids is 1. The monoisotopic (exact) mass is 294 g/mol. The van der Waals surface area contributed by atoms with E-state index in [0.29, 0.717) is 0 Å². The first-order valence-corrected chi connectivity index (χ1v) is 6.76. The fraction of sp³-hybridized carbons (Fsp3) is 0.889. The van der Waals surface area contributed by atoms with E-state index >= 15 is 0 Å². The summed E-state index contributed by atoms with van der Waals surface area (Å²) >= 11 is 0. The van der Waals surface area contributed by atoms with Gasteiger partial charge in [0.2, 0.25) is 0 Å². The average Bonchev–Trinajstić information content (AvgIpc) is 2.26. The van der Waals surface area contributed by atoms with Gasteiger partial charge < -0.3 is 14.9 Å². The van der Waals surface area contributed by atoms with Crippen molar-refractivity contribution in [3.8, 4) is 0 Å². The summed E-state index contributed by atoms with van der Waals surface area (Å²) in [6.07, 6.45) is 0.165. The molecule has 0 radical (unpaired) electrons. The Bertz CT molecular complexity index is 329. The number of aliphatic hydroxyl groups excluding tert-OH is 2. The number of hydrogen-bond acceptors (Lipinski definition) is 6. The van der Waals surface area contributed by atoms with Crippen molar-refractivity contribution in [1.29, 1.82) is 0 Å². The van der Waals surface area contributed by atoms with Gasteiger partial charge in [0, 0.05) is 0 Å². The maximum atomic E-state index is 11.5. The van der Waals surface area contributed by atoms with Crippen molar-refractivity contribution < 1.29 is 32.7 Å². The molecule has 0 heterocycles. The second kappa shape index (κ2) is 9.24. The molecule has 0 aromatic heterocycles. The van der Waals surface area contributed by atoms with Crippen LogP contribution in [0.1, 0.15) is 19.8 Å². The Morgan fingerprint density at radius 3 is 2.11 bits per heavy atom. The molecule has 18 heavy (non-hydrogen) atoms. The summed E-state index contributed by atoms with van der Waals surface area (Å²) in [6, 6.07) is 0. The van der Waals surface area contributed by atoms with E-state index < -0.39 is 40.5 Å². The molecule has 0 aromatic carbocycles. The van der Waals surface area contributed by atoms with Crippen LogP contribution >= 0.6 is 0 Å². The van der Waals surface area contributed by atoms with Gasteiger partial charge in [0.15, 0.2) is 0 Å². The average molecular weight is 294 g/mol. The molecular weight excluding hydrogens is 275 g/mol. The molecule has 3 N–H and O–H groups in total. The molecule has 0 spiro atoms. The van der Waals surface area contributed by atoms with Gasteiger partial charge >= 0.3 is 35.5 Å². The summed E-state index contributed by atoms with van der Waals surface area (Å²) < 4.78 is 33.9. The Hall–Kier alpha value is 0.300. The minimum atomic E-state index is -4.06. The van der Waals surface area contributed by atoms with E-state index in [-0.39, 0.29) is 49.0 Å². The van der Waals surface area contributed by atoms with Gasteiger partial charge in [0.25, 0.3) is 10.1 Å². The van der Waals surface area contributed by atoms with Crippen LogP contribution in [0, 0.1) is 5.41 Å². The Kier molecular flexibility index (Phi) is 10.6. The standard InChI is InChI=1S/C9H18O7S.Na.H/c1-2-9(6-10,7-11)8(12)16-4-3-5-17(13,14)15;;/h10-11H,2-7H2,1H3,(H,13,14,15);;. The number of rotatable bonds is 8. The topological polar surface area (TPSA) is 121 Å². The number of esters is 1. The zero-order valence-electron chi connectivity index (χ0n) is 9.63. The Labute approximate surface area is 129 Å². The molecule has 0 fully saturated rings. The fourth-order valence-corrected chi connectivity index (χ4v) is 1.59. The molecule has 0 saturated carbocycles. The van der Waals surface area contributed by atoms with E-state index in [2.05, 4.69) is 0 Å². The molecule has 0 rings (SSSR count). The van der Waals surface area contributed by atoms with Crippen LogP contribution in [0.4, 0.5) is 0 Å². The number of ether oxygens (including phenoxy) is 1. The molecule has 0 aromatic rings. The Morgan fingerprint density at radius 1 is 1.28 bits per heavy atom. The molecule has 0 aliphatic rings. The second-order valence-corrected chi connectivity index (χ2v) is 5.30. The third-order valence-corrected chi connectivity index (χ3v) is 3.30. The van der Waals surface area contributed by atoms with Crippen molar-refractivity contribution in [2.45, 2.75) is 19.8 Å². The molecule has 0 amide bonds. The Balaban J connectivity index is 0. The second-order valence-electron chi connectivity index (χ2n) is 3.73. The molecule has 104 valence electrons. The van der Waals surface area contributed by atoms with Gasteiger partial charge in [0.05, 0.1) is 25.6 Å². The van der Waals surface area contributed by atoms with Gasteiger partial charge in [-0.25, -0.2) is 0 Å². The van der Waals surface area contributed by atoms with Crippen molar-refractivity contribution in [1.82, 2.24) is 0 Å². The van der Waals surface area contributed by atoms with Crippen LogP contribution in [-0.4, -0.2) is 84.3 Å². The molecule has 0 saturated heterocycles. The van der Waals surface area contributed by atoms with Gasteiger partial charge in [-0.2, -0.15) is 8.42 Å². The van der Waals surface area contributed by atoms with Gasteiger partial charge in [-0.15, -0.1) is 0 Å². The quantitative estimate of drug-likeness (QED) is 0.216. The van der Waals surface area contributed by atoms with Crippen LogP contribution in [0.3, 0.4) is 0 Å². The van der Waals surface area contributed by atoms with E-state index in [1.807, 2.05) is 0 Å². The first kappa shape index (κ1) is 20.6. The van der Waals surface area contributed by atoms with E-state index in [1.165, 1.54) is 0 Å². The van der Waals surface area contributed by atoms with Crippen molar-refractivity contribution in [2.24, 2.45) is 5.41 Å². The summed E-state index contributed by atoms with van der Waals surface area (Å²) in [6.45, 7) is 0.334. The Morgan fingerprint density at radius 2 is 1.78 bits per heavy atom.